The molecular weight excluding hydrogens is 777 g/mol. The van der Waals surface area contributed by atoms with E-state index in [-0.39, 0.29) is 0 Å². The van der Waals surface area contributed by atoms with E-state index < -0.39 is 96.6 Å². The Morgan fingerprint density at radius 1 is 0.241 bits per heavy atom. The van der Waals surface area contributed by atoms with Gasteiger partial charge in [-0.05, 0) is 154 Å². The Bertz CT molecular complexity index is 1110. The minimum atomic E-state index is -3.92. The maximum atomic E-state index is 14.5. The molecule has 18 heteroatoms. The Labute approximate surface area is 317 Å². The summed E-state index contributed by atoms with van der Waals surface area (Å²) in [6.07, 6.45) is -0.375. The van der Waals surface area contributed by atoms with Crippen LogP contribution in [0.3, 0.4) is 0 Å². The molecule has 0 aromatic rings. The number of rotatable bonds is 12. The van der Waals surface area contributed by atoms with Gasteiger partial charge in [0.2, 0.25) is 0 Å². The first kappa shape index (κ1) is 42.2. The summed E-state index contributed by atoms with van der Waals surface area (Å²) in [7, 11) is -11.7. The Morgan fingerprint density at radius 2 is 0.370 bits per heavy atom. The van der Waals surface area contributed by atoms with Gasteiger partial charge in [0.25, 0.3) is 0 Å². The molecule has 0 spiro atoms. The van der Waals surface area contributed by atoms with E-state index >= 15 is 0 Å². The lowest BCUT2D eigenvalue weighted by molar-refractivity contribution is 0.0564. The second kappa shape index (κ2) is 19.0. The third-order valence-corrected chi connectivity index (χ3v) is 20.9. The number of hydrogen-bond acceptors (Lipinski definition) is 9. The van der Waals surface area contributed by atoms with Gasteiger partial charge in [-0.15, -0.1) is 13.5 Å². The van der Waals surface area contributed by atoms with Crippen LogP contribution in [0.15, 0.2) is 13.5 Å². The molecule has 0 aromatic heterocycles. The molecular formula is C36H60F6N3O6P3. The second-order valence-electron chi connectivity index (χ2n) is 16.6. The van der Waals surface area contributed by atoms with Crippen LogP contribution in [0.25, 0.3) is 0 Å². The van der Waals surface area contributed by atoms with Crippen LogP contribution in [-0.2, 0) is 27.1 Å². The molecule has 7 rings (SSSR count). The fraction of sp³-hybridized carbons (Fsp3) is 1.00. The highest BCUT2D eigenvalue weighted by molar-refractivity contribution is 7.78. The average molecular weight is 838 g/mol. The van der Waals surface area contributed by atoms with Gasteiger partial charge in [0, 0.05) is 0 Å². The normalized spacial score (nSPS) is 47.9. The molecule has 54 heavy (non-hydrogen) atoms. The summed E-state index contributed by atoms with van der Waals surface area (Å²) in [5, 5.41) is 0. The molecule has 0 saturated heterocycles. The largest absolute Gasteiger partial charge is 0.349 e. The molecule has 9 nitrogen and oxygen atoms in total. The van der Waals surface area contributed by atoms with Crippen LogP contribution in [0.2, 0.25) is 0 Å². The van der Waals surface area contributed by atoms with Gasteiger partial charge < -0.3 is 27.1 Å². The van der Waals surface area contributed by atoms with Crippen molar-refractivity contribution in [3.63, 3.8) is 0 Å². The standard InChI is InChI=1S/C36H60F6N3O6P3/c37-25-1-13-31(14-2-25)46-52(47-32-15-3-26(38)4-16-32)43-53(48-33-17-5-27(39)6-18-33,49-34-19-7-28(40)8-20-34)45-54(44-52,50-35-21-9-29(41)10-22-35)51-36-23-11-30(42)12-24-36/h25-36H,1-24H2. The quantitative estimate of drug-likeness (QED) is 0.144. The van der Waals surface area contributed by atoms with Crippen molar-refractivity contribution < 1.29 is 53.5 Å². The molecule has 1 aliphatic heterocycles. The van der Waals surface area contributed by atoms with E-state index in [1.54, 1.807) is 0 Å². The lowest BCUT2D eigenvalue weighted by Crippen LogP contribution is -2.28. The van der Waals surface area contributed by atoms with E-state index in [2.05, 4.69) is 0 Å². The van der Waals surface area contributed by atoms with Crippen LogP contribution in [0.4, 0.5) is 26.3 Å². The summed E-state index contributed by atoms with van der Waals surface area (Å²) in [5.41, 5.74) is 0. The zero-order chi connectivity index (χ0) is 37.8. The molecule has 1 heterocycles. The second-order valence-corrected chi connectivity index (χ2v) is 23.0. The highest BCUT2D eigenvalue weighted by Crippen LogP contribution is 2.82. The fourth-order valence-corrected chi connectivity index (χ4v) is 19.3. The van der Waals surface area contributed by atoms with Gasteiger partial charge in [-0.2, -0.15) is 0 Å². The van der Waals surface area contributed by atoms with E-state index in [0.717, 1.165) is 0 Å². The molecule has 7 aliphatic rings. The zero-order valence-electron chi connectivity index (χ0n) is 31.3. The van der Waals surface area contributed by atoms with Crippen LogP contribution in [0.5, 0.6) is 0 Å². The predicted molar refractivity (Wildman–Crippen MR) is 197 cm³/mol. The summed E-state index contributed by atoms with van der Waals surface area (Å²) in [6, 6.07) is 0. The third-order valence-electron chi connectivity index (χ3n) is 12.0. The molecule has 312 valence electrons. The maximum absolute atomic E-state index is 14.5. The van der Waals surface area contributed by atoms with Crippen LogP contribution >= 0.6 is 23.0 Å². The van der Waals surface area contributed by atoms with Crippen LogP contribution in [-0.4, -0.2) is 73.7 Å². The summed E-state index contributed by atoms with van der Waals surface area (Å²) in [6.45, 7) is 0. The Balaban J connectivity index is 1.38. The van der Waals surface area contributed by atoms with Gasteiger partial charge in [0.15, 0.2) is 0 Å². The van der Waals surface area contributed by atoms with Crippen LogP contribution in [0, 0.1) is 0 Å². The summed E-state index contributed by atoms with van der Waals surface area (Å²) in [5.74, 6) is 0. The first-order valence-corrected chi connectivity index (χ1v) is 25.4. The van der Waals surface area contributed by atoms with E-state index in [0.29, 0.717) is 154 Å². The number of hydrogen-bond donors (Lipinski definition) is 0. The van der Waals surface area contributed by atoms with Gasteiger partial charge in [0.1, 0.15) is 37.0 Å². The highest BCUT2D eigenvalue weighted by Gasteiger charge is 2.50. The van der Waals surface area contributed by atoms with Gasteiger partial charge in [-0.25, -0.2) is 26.3 Å². The third kappa shape index (κ3) is 11.6. The molecule has 0 atom stereocenters. The number of nitrogens with zero attached hydrogens (tertiary/aromatic N) is 3. The molecule has 6 aliphatic carbocycles. The van der Waals surface area contributed by atoms with Crippen molar-refractivity contribution >= 4 is 23.0 Å². The van der Waals surface area contributed by atoms with E-state index in [1.807, 2.05) is 0 Å². The van der Waals surface area contributed by atoms with Gasteiger partial charge in [-0.3, -0.25) is 0 Å². The first-order chi connectivity index (χ1) is 26.0. The lowest BCUT2D eigenvalue weighted by atomic mass is 9.96. The zero-order valence-corrected chi connectivity index (χ0v) is 34.0. The number of alkyl halides is 6. The topological polar surface area (TPSA) is 92.5 Å². The average Bonchev–Trinajstić information content (AvgIpc) is 3.14. The smallest absolute Gasteiger partial charge is 0.303 e. The van der Waals surface area contributed by atoms with Gasteiger partial charge >= 0.3 is 23.0 Å². The Kier molecular flexibility index (Phi) is 14.8. The van der Waals surface area contributed by atoms with E-state index in [1.165, 1.54) is 0 Å². The Morgan fingerprint density at radius 3 is 0.500 bits per heavy atom. The van der Waals surface area contributed by atoms with E-state index in [9.17, 15) is 26.3 Å². The minimum absolute atomic E-state index is 0.292. The monoisotopic (exact) mass is 837 g/mol. The van der Waals surface area contributed by atoms with Crippen LogP contribution in [0.1, 0.15) is 154 Å². The predicted octanol–water partition coefficient (Wildman–Crippen LogP) is 13.6. The SMILES string of the molecule is FC1CCC(OP2(OC3CCC(F)CC3)=NP(OC3CCC(F)CC3)(OC3CCC(F)CC3)=NP(OC3CCC(F)CC3)(OC3CCC(F)CC3)=N2)CC1. The molecule has 6 fully saturated rings. The maximum Gasteiger partial charge on any atom is 0.349 e. The van der Waals surface area contributed by atoms with Crippen molar-refractivity contribution in [2.24, 2.45) is 13.5 Å². The fourth-order valence-electron chi connectivity index (χ4n) is 8.74. The molecule has 0 bridgehead atoms. The summed E-state index contributed by atoms with van der Waals surface area (Å²) >= 11 is 0. The summed E-state index contributed by atoms with van der Waals surface area (Å²) < 4.78 is 145. The van der Waals surface area contributed by atoms with Crippen molar-refractivity contribution in [1.29, 1.82) is 0 Å². The van der Waals surface area contributed by atoms with E-state index in [4.69, 9.17) is 40.7 Å². The van der Waals surface area contributed by atoms with Crippen molar-refractivity contribution in [3.8, 4) is 0 Å². The first-order valence-electron chi connectivity index (χ1n) is 20.8. The van der Waals surface area contributed by atoms with Crippen molar-refractivity contribution in [3.05, 3.63) is 0 Å². The molecule has 0 amide bonds. The number of halogens is 6. The van der Waals surface area contributed by atoms with Crippen molar-refractivity contribution in [2.75, 3.05) is 0 Å². The molecule has 6 saturated carbocycles. The van der Waals surface area contributed by atoms with Gasteiger partial charge in [-0.1, -0.05) is 0 Å². The van der Waals surface area contributed by atoms with Crippen molar-refractivity contribution in [1.82, 2.24) is 0 Å². The highest BCUT2D eigenvalue weighted by atomic mass is 31.3. The minimum Gasteiger partial charge on any atom is -0.303 e. The molecule has 0 N–H and O–H groups in total. The molecule has 0 unspecified atom stereocenters. The lowest BCUT2D eigenvalue weighted by Gasteiger charge is -2.42. The van der Waals surface area contributed by atoms with Crippen LogP contribution < -0.4 is 0 Å². The van der Waals surface area contributed by atoms with Crippen molar-refractivity contribution in [2.45, 2.75) is 228 Å². The molecule has 0 aromatic carbocycles. The van der Waals surface area contributed by atoms with Gasteiger partial charge in [0.05, 0.1) is 36.6 Å². The Hall–Kier alpha value is 0.0300. The molecule has 0 radical (unpaired) electrons. The summed E-state index contributed by atoms with van der Waals surface area (Å²) in [4.78, 5) is 0.